The number of amides is 1. The minimum absolute atomic E-state index is 0.0204. The van der Waals surface area contributed by atoms with E-state index in [1.165, 1.54) is 6.92 Å². The van der Waals surface area contributed by atoms with Crippen molar-refractivity contribution < 1.29 is 24.2 Å². The van der Waals surface area contributed by atoms with Gasteiger partial charge >= 0.3 is 12.1 Å². The molecule has 6 heteroatoms. The number of alkyl carbamates (subject to hydrolysis) is 1. The van der Waals surface area contributed by atoms with E-state index in [0.29, 0.717) is 12.8 Å². The van der Waals surface area contributed by atoms with E-state index in [-0.39, 0.29) is 19.3 Å². The lowest BCUT2D eigenvalue weighted by molar-refractivity contribution is -0.141. The lowest BCUT2D eigenvalue weighted by Crippen LogP contribution is -2.41. The van der Waals surface area contributed by atoms with E-state index in [0.717, 1.165) is 0 Å². The fourth-order valence-corrected chi connectivity index (χ4v) is 1.23. The molecule has 0 fully saturated rings. The zero-order valence-electron chi connectivity index (χ0n) is 11.5. The Balaban J connectivity index is 4.20. The highest BCUT2D eigenvalue weighted by Gasteiger charge is 2.19. The minimum atomic E-state index is -0.576. The molecule has 6 nitrogen and oxygen atoms in total. The monoisotopic (exact) mass is 261 g/mol. The summed E-state index contributed by atoms with van der Waals surface area (Å²) in [5.74, 6) is -0.407. The van der Waals surface area contributed by atoms with Crippen molar-refractivity contribution in [2.45, 2.75) is 52.2 Å². The third-order valence-corrected chi connectivity index (χ3v) is 1.92. The van der Waals surface area contributed by atoms with Crippen molar-refractivity contribution in [3.05, 3.63) is 0 Å². The van der Waals surface area contributed by atoms with E-state index in [2.05, 4.69) is 5.32 Å². The molecule has 0 aliphatic heterocycles. The molecule has 1 atom stereocenters. The molecule has 0 heterocycles. The van der Waals surface area contributed by atoms with Crippen LogP contribution in [0.15, 0.2) is 0 Å². The molecule has 0 aromatic carbocycles. The molecule has 0 saturated heterocycles. The van der Waals surface area contributed by atoms with Gasteiger partial charge in [-0.05, 0) is 33.6 Å². The summed E-state index contributed by atoms with van der Waals surface area (Å²) >= 11 is 0. The van der Waals surface area contributed by atoms with Gasteiger partial charge in [0.2, 0.25) is 0 Å². The van der Waals surface area contributed by atoms with Crippen LogP contribution in [0.1, 0.15) is 40.5 Å². The van der Waals surface area contributed by atoms with Crippen LogP contribution in [-0.2, 0) is 14.3 Å². The zero-order valence-corrected chi connectivity index (χ0v) is 11.5. The molecule has 0 aliphatic carbocycles. The highest BCUT2D eigenvalue weighted by Crippen LogP contribution is 2.07. The normalized spacial score (nSPS) is 12.7. The van der Waals surface area contributed by atoms with Gasteiger partial charge in [0.15, 0.2) is 0 Å². The van der Waals surface area contributed by atoms with Gasteiger partial charge in [-0.15, -0.1) is 0 Å². The molecule has 1 amide bonds. The molecule has 106 valence electrons. The second-order valence-electron chi connectivity index (χ2n) is 5.01. The summed E-state index contributed by atoms with van der Waals surface area (Å²) in [5, 5.41) is 11.4. The number of aliphatic hydroxyl groups is 1. The van der Waals surface area contributed by atoms with Crippen molar-refractivity contribution in [2.75, 3.05) is 13.2 Å². The van der Waals surface area contributed by atoms with E-state index in [1.54, 1.807) is 20.8 Å². The molecule has 2 N–H and O–H groups in total. The first kappa shape index (κ1) is 16.7. The lowest BCUT2D eigenvalue weighted by Gasteiger charge is -2.23. The molecular formula is C12H23NO5. The van der Waals surface area contributed by atoms with Gasteiger partial charge in [0.05, 0.1) is 6.04 Å². The molecule has 0 spiro atoms. The fourth-order valence-electron chi connectivity index (χ4n) is 1.23. The summed E-state index contributed by atoms with van der Waals surface area (Å²) in [5.41, 5.74) is -0.576. The summed E-state index contributed by atoms with van der Waals surface area (Å²) in [6, 6.07) is -0.351. The number of carbonyl (C=O) groups is 2. The molecule has 0 aliphatic rings. The first-order chi connectivity index (χ1) is 8.24. The van der Waals surface area contributed by atoms with Crippen LogP contribution in [0.25, 0.3) is 0 Å². The molecule has 18 heavy (non-hydrogen) atoms. The zero-order chi connectivity index (χ0) is 14.2. The molecule has 0 bridgehead atoms. The van der Waals surface area contributed by atoms with Crippen LogP contribution in [0, 0.1) is 0 Å². The predicted molar refractivity (Wildman–Crippen MR) is 66.1 cm³/mol. The Labute approximate surface area is 108 Å². The molecule has 0 aromatic heterocycles. The predicted octanol–water partition coefficient (Wildman–Crippen LogP) is 1.22. The first-order valence-corrected chi connectivity index (χ1v) is 5.98. The summed E-state index contributed by atoms with van der Waals surface area (Å²) in [7, 11) is 0. The van der Waals surface area contributed by atoms with E-state index in [4.69, 9.17) is 14.6 Å². The average molecular weight is 261 g/mol. The first-order valence-electron chi connectivity index (χ1n) is 5.98. The van der Waals surface area contributed by atoms with Crippen molar-refractivity contribution in [3.8, 4) is 0 Å². The lowest BCUT2D eigenvalue weighted by atomic mass is 10.2. The minimum Gasteiger partial charge on any atom is -0.464 e. The van der Waals surface area contributed by atoms with E-state index >= 15 is 0 Å². The molecule has 0 rings (SSSR count). The molecule has 0 radical (unpaired) electrons. The quantitative estimate of drug-likeness (QED) is 0.702. The van der Waals surface area contributed by atoms with Crippen LogP contribution in [0.3, 0.4) is 0 Å². The van der Waals surface area contributed by atoms with Crippen LogP contribution >= 0.6 is 0 Å². The number of aliphatic hydroxyl groups excluding tert-OH is 1. The van der Waals surface area contributed by atoms with Crippen molar-refractivity contribution >= 4 is 12.1 Å². The van der Waals surface area contributed by atoms with Crippen LogP contribution < -0.4 is 5.32 Å². The number of rotatable bonds is 6. The van der Waals surface area contributed by atoms with Crippen molar-refractivity contribution in [2.24, 2.45) is 0 Å². The smallest absolute Gasteiger partial charge is 0.407 e. The van der Waals surface area contributed by atoms with Gasteiger partial charge in [-0.3, -0.25) is 4.79 Å². The molecule has 0 unspecified atom stereocenters. The Hall–Kier alpha value is -1.30. The Morgan fingerprint density at radius 2 is 1.94 bits per heavy atom. The molecule has 0 saturated carbocycles. The maximum Gasteiger partial charge on any atom is 0.407 e. The maximum absolute atomic E-state index is 11.5. The maximum atomic E-state index is 11.5. The molecule has 0 aromatic rings. The SMILES string of the molecule is CC(=O)OC[C@@H](CCCO)NC(=O)OC(C)(C)C. The standard InChI is InChI=1S/C12H23NO5/c1-9(15)17-8-10(6-5-7-14)13-11(16)18-12(2,3)4/h10,14H,5-8H2,1-4H3,(H,13,16)/t10-/m1/s1. The van der Waals surface area contributed by atoms with Gasteiger partial charge in [-0.1, -0.05) is 0 Å². The fraction of sp³-hybridized carbons (Fsp3) is 0.833. The Bertz CT molecular complexity index is 272. The Morgan fingerprint density at radius 1 is 1.33 bits per heavy atom. The van der Waals surface area contributed by atoms with Crippen LogP contribution in [-0.4, -0.2) is 42.0 Å². The van der Waals surface area contributed by atoms with E-state index in [1.807, 2.05) is 0 Å². The van der Waals surface area contributed by atoms with Gasteiger partial charge in [0, 0.05) is 13.5 Å². The van der Waals surface area contributed by atoms with Crippen molar-refractivity contribution in [1.29, 1.82) is 0 Å². The average Bonchev–Trinajstić information content (AvgIpc) is 2.19. The van der Waals surface area contributed by atoms with Gasteiger partial charge in [0.1, 0.15) is 12.2 Å². The second-order valence-corrected chi connectivity index (χ2v) is 5.01. The van der Waals surface area contributed by atoms with E-state index in [9.17, 15) is 9.59 Å². The number of carbonyl (C=O) groups excluding carboxylic acids is 2. The topological polar surface area (TPSA) is 84.9 Å². The van der Waals surface area contributed by atoms with Gasteiger partial charge in [0.25, 0.3) is 0 Å². The van der Waals surface area contributed by atoms with Crippen LogP contribution in [0.5, 0.6) is 0 Å². The summed E-state index contributed by atoms with van der Waals surface area (Å²) < 4.78 is 9.94. The highest BCUT2D eigenvalue weighted by molar-refractivity contribution is 5.68. The number of nitrogens with one attached hydrogen (secondary N) is 1. The van der Waals surface area contributed by atoms with Crippen LogP contribution in [0.4, 0.5) is 4.79 Å². The summed E-state index contributed by atoms with van der Waals surface area (Å²) in [4.78, 5) is 22.3. The summed E-state index contributed by atoms with van der Waals surface area (Å²) in [6.45, 7) is 6.70. The second kappa shape index (κ2) is 7.92. The number of hydrogen-bond donors (Lipinski definition) is 2. The van der Waals surface area contributed by atoms with Crippen molar-refractivity contribution in [1.82, 2.24) is 5.32 Å². The van der Waals surface area contributed by atoms with Gasteiger partial charge in [-0.2, -0.15) is 0 Å². The number of esters is 1. The Kier molecular flexibility index (Phi) is 7.35. The third-order valence-electron chi connectivity index (χ3n) is 1.92. The number of hydrogen-bond acceptors (Lipinski definition) is 5. The van der Waals surface area contributed by atoms with Gasteiger partial charge in [-0.25, -0.2) is 4.79 Å². The Morgan fingerprint density at radius 3 is 2.39 bits per heavy atom. The highest BCUT2D eigenvalue weighted by atomic mass is 16.6. The van der Waals surface area contributed by atoms with Crippen molar-refractivity contribution in [3.63, 3.8) is 0 Å². The summed E-state index contributed by atoms with van der Waals surface area (Å²) in [6.07, 6.45) is 0.475. The van der Waals surface area contributed by atoms with Gasteiger partial charge < -0.3 is 19.9 Å². The number of ether oxygens (including phenoxy) is 2. The van der Waals surface area contributed by atoms with Crippen LogP contribution in [0.2, 0.25) is 0 Å². The molecular weight excluding hydrogens is 238 g/mol. The third kappa shape index (κ3) is 9.89. The largest absolute Gasteiger partial charge is 0.464 e. The van der Waals surface area contributed by atoms with E-state index < -0.39 is 17.7 Å².